The Balaban J connectivity index is 2.50. The molecule has 3 nitrogen and oxygen atoms in total. The van der Waals surface area contributed by atoms with Crippen LogP contribution in [0.15, 0.2) is 35.3 Å². The number of aliphatic imine (C=N–C) groups is 1. The van der Waals surface area contributed by atoms with Crippen LogP contribution >= 0.6 is 11.8 Å². The van der Waals surface area contributed by atoms with Crippen LogP contribution in [0, 0.1) is 0 Å². The Morgan fingerprint density at radius 2 is 2.00 bits per heavy atom. The number of nitrogens with zero attached hydrogens (tertiary/aromatic N) is 1. The molecule has 0 saturated heterocycles. The molecule has 0 aliphatic carbocycles. The predicted molar refractivity (Wildman–Crippen MR) is 82.2 cm³/mol. The second-order valence-electron chi connectivity index (χ2n) is 4.11. The Morgan fingerprint density at radius 3 is 2.61 bits per heavy atom. The molecule has 0 heterocycles. The molecule has 1 aromatic rings. The summed E-state index contributed by atoms with van der Waals surface area (Å²) in [6.07, 6.45) is 2.13. The Hall–Kier alpha value is -1.16. The van der Waals surface area contributed by atoms with E-state index in [0.717, 1.165) is 19.0 Å². The number of hydrogen-bond donors (Lipinski definition) is 2. The lowest BCUT2D eigenvalue weighted by Crippen LogP contribution is -2.40. The lowest BCUT2D eigenvalue weighted by atomic mass is 10.2. The van der Waals surface area contributed by atoms with Gasteiger partial charge in [0.2, 0.25) is 0 Å². The van der Waals surface area contributed by atoms with Crippen molar-refractivity contribution in [1.29, 1.82) is 0 Å². The van der Waals surface area contributed by atoms with E-state index in [-0.39, 0.29) is 0 Å². The van der Waals surface area contributed by atoms with Crippen molar-refractivity contribution < 1.29 is 0 Å². The maximum atomic E-state index is 4.58. The molecule has 1 unspecified atom stereocenters. The fourth-order valence-corrected chi connectivity index (χ4v) is 1.67. The number of rotatable bonds is 6. The maximum Gasteiger partial charge on any atom is 0.191 e. The molecule has 0 fully saturated rings. The SMILES string of the molecule is CCNC(=NCc1ccccc1)NCC(C)SC. The molecule has 18 heavy (non-hydrogen) atoms. The van der Waals surface area contributed by atoms with Crippen molar-refractivity contribution in [2.24, 2.45) is 4.99 Å². The summed E-state index contributed by atoms with van der Waals surface area (Å²) in [6.45, 7) is 6.82. The number of hydrogen-bond acceptors (Lipinski definition) is 2. The molecular formula is C14H23N3S. The molecule has 0 bridgehead atoms. The standard InChI is InChI=1S/C14H23N3S/c1-4-15-14(16-10-12(2)18-3)17-11-13-8-6-5-7-9-13/h5-9,12H,4,10-11H2,1-3H3,(H2,15,16,17). The van der Waals surface area contributed by atoms with Gasteiger partial charge in [-0.05, 0) is 18.7 Å². The average molecular weight is 265 g/mol. The first kappa shape index (κ1) is 14.9. The summed E-state index contributed by atoms with van der Waals surface area (Å²) in [5.74, 6) is 0.891. The van der Waals surface area contributed by atoms with Gasteiger partial charge in [-0.25, -0.2) is 4.99 Å². The summed E-state index contributed by atoms with van der Waals surface area (Å²) < 4.78 is 0. The minimum absolute atomic E-state index is 0.589. The van der Waals surface area contributed by atoms with Gasteiger partial charge >= 0.3 is 0 Å². The van der Waals surface area contributed by atoms with Crippen LogP contribution in [-0.2, 0) is 6.54 Å². The molecule has 1 atom stereocenters. The number of guanidine groups is 1. The quantitative estimate of drug-likeness (QED) is 0.613. The topological polar surface area (TPSA) is 36.4 Å². The predicted octanol–water partition coefficient (Wildman–Crippen LogP) is 2.49. The summed E-state index contributed by atoms with van der Waals surface area (Å²) in [6, 6.07) is 10.3. The van der Waals surface area contributed by atoms with E-state index >= 15 is 0 Å². The van der Waals surface area contributed by atoms with Crippen LogP contribution in [0.4, 0.5) is 0 Å². The van der Waals surface area contributed by atoms with Gasteiger partial charge in [-0.15, -0.1) is 0 Å². The molecule has 1 rings (SSSR count). The zero-order chi connectivity index (χ0) is 13.2. The number of thioether (sulfide) groups is 1. The van der Waals surface area contributed by atoms with Crippen molar-refractivity contribution in [1.82, 2.24) is 10.6 Å². The van der Waals surface area contributed by atoms with E-state index in [1.807, 2.05) is 30.0 Å². The van der Waals surface area contributed by atoms with E-state index in [9.17, 15) is 0 Å². The molecule has 100 valence electrons. The van der Waals surface area contributed by atoms with Crippen LogP contribution in [-0.4, -0.2) is 30.6 Å². The van der Waals surface area contributed by atoms with Gasteiger partial charge in [-0.3, -0.25) is 0 Å². The third kappa shape index (κ3) is 5.96. The maximum absolute atomic E-state index is 4.58. The molecule has 0 aliphatic rings. The lowest BCUT2D eigenvalue weighted by molar-refractivity contribution is 0.795. The molecule has 0 aromatic heterocycles. The van der Waals surface area contributed by atoms with Crippen molar-refractivity contribution in [3.8, 4) is 0 Å². The second-order valence-corrected chi connectivity index (χ2v) is 5.38. The summed E-state index contributed by atoms with van der Waals surface area (Å²) in [5, 5.41) is 7.21. The van der Waals surface area contributed by atoms with Gasteiger partial charge in [0.1, 0.15) is 0 Å². The minimum Gasteiger partial charge on any atom is -0.357 e. The largest absolute Gasteiger partial charge is 0.357 e. The molecule has 0 amide bonds. The average Bonchev–Trinajstić information content (AvgIpc) is 2.42. The highest BCUT2D eigenvalue weighted by atomic mass is 32.2. The smallest absolute Gasteiger partial charge is 0.191 e. The van der Waals surface area contributed by atoms with E-state index in [1.54, 1.807) is 0 Å². The van der Waals surface area contributed by atoms with E-state index in [1.165, 1.54) is 5.56 Å². The minimum atomic E-state index is 0.589. The first-order valence-electron chi connectivity index (χ1n) is 6.35. The molecule has 4 heteroatoms. The van der Waals surface area contributed by atoms with Crippen LogP contribution in [0.5, 0.6) is 0 Å². The van der Waals surface area contributed by atoms with Gasteiger partial charge in [-0.1, -0.05) is 37.3 Å². The molecule has 2 N–H and O–H groups in total. The Morgan fingerprint density at radius 1 is 1.28 bits per heavy atom. The van der Waals surface area contributed by atoms with Gasteiger partial charge in [0.15, 0.2) is 5.96 Å². The van der Waals surface area contributed by atoms with Crippen LogP contribution < -0.4 is 10.6 Å². The summed E-state index contributed by atoms with van der Waals surface area (Å²) in [5.41, 5.74) is 1.23. The summed E-state index contributed by atoms with van der Waals surface area (Å²) >= 11 is 1.85. The Bertz CT molecular complexity index is 351. The van der Waals surface area contributed by atoms with Gasteiger partial charge in [-0.2, -0.15) is 11.8 Å². The van der Waals surface area contributed by atoms with Gasteiger partial charge in [0, 0.05) is 18.3 Å². The molecule has 0 aliphatic heterocycles. The summed E-state index contributed by atoms with van der Waals surface area (Å²) in [4.78, 5) is 4.58. The third-order valence-electron chi connectivity index (χ3n) is 2.57. The van der Waals surface area contributed by atoms with E-state index in [2.05, 4.69) is 47.9 Å². The normalized spacial score (nSPS) is 13.2. The number of benzene rings is 1. The monoisotopic (exact) mass is 265 g/mol. The Kier molecular flexibility index (Phi) is 7.34. The Labute approximate surface area is 114 Å². The highest BCUT2D eigenvalue weighted by molar-refractivity contribution is 7.99. The lowest BCUT2D eigenvalue weighted by Gasteiger charge is -2.14. The van der Waals surface area contributed by atoms with Crippen molar-refractivity contribution in [2.75, 3.05) is 19.3 Å². The third-order valence-corrected chi connectivity index (χ3v) is 3.54. The highest BCUT2D eigenvalue weighted by Gasteiger charge is 2.01. The number of nitrogens with one attached hydrogen (secondary N) is 2. The molecular weight excluding hydrogens is 242 g/mol. The highest BCUT2D eigenvalue weighted by Crippen LogP contribution is 2.03. The van der Waals surface area contributed by atoms with E-state index < -0.39 is 0 Å². The second kappa shape index (κ2) is 8.86. The van der Waals surface area contributed by atoms with E-state index in [0.29, 0.717) is 11.8 Å². The van der Waals surface area contributed by atoms with Crippen LogP contribution in [0.1, 0.15) is 19.4 Å². The first-order chi connectivity index (χ1) is 8.76. The van der Waals surface area contributed by atoms with Crippen LogP contribution in [0.2, 0.25) is 0 Å². The van der Waals surface area contributed by atoms with Gasteiger partial charge in [0.25, 0.3) is 0 Å². The van der Waals surface area contributed by atoms with Gasteiger partial charge in [0.05, 0.1) is 6.54 Å². The van der Waals surface area contributed by atoms with Gasteiger partial charge < -0.3 is 10.6 Å². The zero-order valence-electron chi connectivity index (χ0n) is 11.4. The molecule has 0 radical (unpaired) electrons. The van der Waals surface area contributed by atoms with Crippen molar-refractivity contribution in [2.45, 2.75) is 25.6 Å². The van der Waals surface area contributed by atoms with Crippen molar-refractivity contribution in [3.05, 3.63) is 35.9 Å². The van der Waals surface area contributed by atoms with Crippen molar-refractivity contribution >= 4 is 17.7 Å². The van der Waals surface area contributed by atoms with Crippen LogP contribution in [0.25, 0.3) is 0 Å². The zero-order valence-corrected chi connectivity index (χ0v) is 12.3. The summed E-state index contributed by atoms with van der Waals surface area (Å²) in [7, 11) is 0. The van der Waals surface area contributed by atoms with Crippen LogP contribution in [0.3, 0.4) is 0 Å². The van der Waals surface area contributed by atoms with E-state index in [4.69, 9.17) is 0 Å². The van der Waals surface area contributed by atoms with Crippen molar-refractivity contribution in [3.63, 3.8) is 0 Å². The molecule has 0 spiro atoms. The fraction of sp³-hybridized carbons (Fsp3) is 0.500. The fourth-order valence-electron chi connectivity index (χ4n) is 1.42. The first-order valence-corrected chi connectivity index (χ1v) is 7.64. The molecule has 0 saturated carbocycles. The molecule has 1 aromatic carbocycles.